The Morgan fingerprint density at radius 2 is 1.71 bits per heavy atom. The number of likely N-dealkylation sites (tertiary alicyclic amines) is 1. The molecule has 0 radical (unpaired) electrons. The summed E-state index contributed by atoms with van der Waals surface area (Å²) in [6.45, 7) is 8.26. The van der Waals surface area contributed by atoms with E-state index in [2.05, 4.69) is 4.90 Å². The van der Waals surface area contributed by atoms with Crippen molar-refractivity contribution < 1.29 is 28.6 Å². The summed E-state index contributed by atoms with van der Waals surface area (Å²) in [6.07, 6.45) is 0. The fourth-order valence-corrected chi connectivity index (χ4v) is 4.30. The van der Waals surface area contributed by atoms with E-state index in [1.165, 1.54) is 17.0 Å². The summed E-state index contributed by atoms with van der Waals surface area (Å²) >= 11 is 0. The molecule has 35 heavy (non-hydrogen) atoms. The summed E-state index contributed by atoms with van der Waals surface area (Å²) in [6, 6.07) is 11.6. The molecule has 1 amide bonds. The molecule has 2 heterocycles. The predicted octanol–water partition coefficient (Wildman–Crippen LogP) is 3.61. The Kier molecular flexibility index (Phi) is 7.83. The molecule has 2 aromatic carbocycles. The molecule has 0 saturated carbocycles. The van der Waals surface area contributed by atoms with Crippen LogP contribution in [0.5, 0.6) is 5.75 Å². The van der Waals surface area contributed by atoms with Crippen LogP contribution in [0.3, 0.4) is 0 Å². The van der Waals surface area contributed by atoms with Crippen molar-refractivity contribution in [2.75, 3.05) is 46.0 Å². The highest BCUT2D eigenvalue weighted by Crippen LogP contribution is 2.39. The molecular formula is C27H31FN2O5. The van der Waals surface area contributed by atoms with Crippen molar-refractivity contribution in [3.63, 3.8) is 0 Å². The second-order valence-corrected chi connectivity index (χ2v) is 9.23. The van der Waals surface area contributed by atoms with E-state index in [0.717, 1.165) is 13.1 Å². The van der Waals surface area contributed by atoms with E-state index < -0.39 is 23.5 Å². The molecule has 7 nitrogen and oxygen atoms in total. The van der Waals surface area contributed by atoms with Gasteiger partial charge in [-0.3, -0.25) is 14.5 Å². The third-order valence-corrected chi connectivity index (χ3v) is 6.20. The Labute approximate surface area is 204 Å². The van der Waals surface area contributed by atoms with Gasteiger partial charge in [0.25, 0.3) is 11.7 Å². The molecule has 2 aliphatic rings. The van der Waals surface area contributed by atoms with Gasteiger partial charge in [0.05, 0.1) is 31.4 Å². The van der Waals surface area contributed by atoms with Gasteiger partial charge in [-0.2, -0.15) is 0 Å². The minimum Gasteiger partial charge on any atom is -0.507 e. The highest BCUT2D eigenvalue weighted by atomic mass is 19.1. The number of ether oxygens (including phenoxy) is 2. The third-order valence-electron chi connectivity index (χ3n) is 6.20. The van der Waals surface area contributed by atoms with E-state index in [0.29, 0.717) is 55.7 Å². The minimum absolute atomic E-state index is 0.000524. The predicted molar refractivity (Wildman–Crippen MR) is 129 cm³/mol. The molecule has 2 aromatic rings. The minimum atomic E-state index is -0.812. The standard InChI is InChI=1S/C27H31FN2O5/c1-18(2)17-35-22-9-5-20(6-10-22)25(31)23-24(19-3-7-21(28)8-4-19)30(27(33)26(23)32)12-11-29-13-15-34-16-14-29/h3-10,18,24,31H,11-17H2,1-2H3/b25-23+/t24-/m0/s1. The average molecular weight is 483 g/mol. The number of aliphatic hydroxyl groups is 1. The number of halogens is 1. The molecule has 2 fully saturated rings. The monoisotopic (exact) mass is 482 g/mol. The van der Waals surface area contributed by atoms with Crippen LogP contribution in [0, 0.1) is 11.7 Å². The summed E-state index contributed by atoms with van der Waals surface area (Å²) in [5.74, 6) is -1.09. The van der Waals surface area contributed by atoms with Gasteiger partial charge in [-0.1, -0.05) is 26.0 Å². The van der Waals surface area contributed by atoms with E-state index in [1.807, 2.05) is 13.8 Å². The first-order valence-corrected chi connectivity index (χ1v) is 11.9. The van der Waals surface area contributed by atoms with Crippen molar-refractivity contribution in [1.29, 1.82) is 0 Å². The number of nitrogens with zero attached hydrogens (tertiary/aromatic N) is 2. The van der Waals surface area contributed by atoms with Gasteiger partial charge in [0.1, 0.15) is 17.3 Å². The van der Waals surface area contributed by atoms with Gasteiger partial charge in [-0.15, -0.1) is 0 Å². The van der Waals surface area contributed by atoms with E-state index in [1.54, 1.807) is 36.4 Å². The van der Waals surface area contributed by atoms with Gasteiger partial charge >= 0.3 is 0 Å². The summed E-state index contributed by atoms with van der Waals surface area (Å²) in [4.78, 5) is 29.8. The molecule has 0 aliphatic carbocycles. The van der Waals surface area contributed by atoms with E-state index >= 15 is 0 Å². The highest BCUT2D eigenvalue weighted by molar-refractivity contribution is 6.46. The number of ketones is 1. The lowest BCUT2D eigenvalue weighted by molar-refractivity contribution is -0.140. The van der Waals surface area contributed by atoms with Crippen LogP contribution in [-0.4, -0.2) is 72.6 Å². The third kappa shape index (κ3) is 5.71. The first-order chi connectivity index (χ1) is 16.8. The molecule has 0 unspecified atom stereocenters. The summed E-state index contributed by atoms with van der Waals surface area (Å²) in [5.41, 5.74) is 0.964. The molecule has 0 spiro atoms. The van der Waals surface area contributed by atoms with Crippen LogP contribution in [0.4, 0.5) is 4.39 Å². The van der Waals surface area contributed by atoms with E-state index in [-0.39, 0.29) is 11.3 Å². The maximum Gasteiger partial charge on any atom is 0.295 e. The molecule has 8 heteroatoms. The fraction of sp³-hybridized carbons (Fsp3) is 0.407. The average Bonchev–Trinajstić information content (AvgIpc) is 3.12. The van der Waals surface area contributed by atoms with Gasteiger partial charge in [-0.05, 0) is 47.9 Å². The Hall–Kier alpha value is -3.23. The van der Waals surface area contributed by atoms with Crippen molar-refractivity contribution in [2.24, 2.45) is 5.92 Å². The second kappa shape index (κ2) is 11.0. The molecule has 1 atom stereocenters. The normalized spacial score (nSPS) is 20.6. The van der Waals surface area contributed by atoms with Crippen LogP contribution >= 0.6 is 0 Å². The summed E-state index contributed by atoms with van der Waals surface area (Å²) in [7, 11) is 0. The smallest absolute Gasteiger partial charge is 0.295 e. The molecule has 186 valence electrons. The number of rotatable bonds is 8. The van der Waals surface area contributed by atoms with Crippen molar-refractivity contribution in [1.82, 2.24) is 9.80 Å². The topological polar surface area (TPSA) is 79.3 Å². The number of aliphatic hydroxyl groups excluding tert-OH is 1. The molecule has 4 rings (SSSR count). The van der Waals surface area contributed by atoms with Gasteiger partial charge in [0, 0.05) is 31.7 Å². The number of hydrogen-bond acceptors (Lipinski definition) is 6. The first-order valence-electron chi connectivity index (χ1n) is 11.9. The molecule has 2 saturated heterocycles. The van der Waals surface area contributed by atoms with Crippen LogP contribution in [0.1, 0.15) is 31.0 Å². The quantitative estimate of drug-likeness (QED) is 0.352. The number of carbonyl (C=O) groups excluding carboxylic acids is 2. The lowest BCUT2D eigenvalue weighted by Crippen LogP contribution is -2.42. The zero-order valence-electron chi connectivity index (χ0n) is 20.1. The zero-order valence-corrected chi connectivity index (χ0v) is 20.1. The lowest BCUT2D eigenvalue weighted by atomic mass is 9.95. The van der Waals surface area contributed by atoms with Gasteiger partial charge in [0.15, 0.2) is 0 Å². The van der Waals surface area contributed by atoms with Crippen molar-refractivity contribution in [2.45, 2.75) is 19.9 Å². The fourth-order valence-electron chi connectivity index (χ4n) is 4.30. The van der Waals surface area contributed by atoms with Crippen LogP contribution in [0.25, 0.3) is 5.76 Å². The number of amides is 1. The summed E-state index contributed by atoms with van der Waals surface area (Å²) < 4.78 is 24.7. The largest absolute Gasteiger partial charge is 0.507 e. The Bertz CT molecular complexity index is 1080. The highest BCUT2D eigenvalue weighted by Gasteiger charge is 2.46. The second-order valence-electron chi connectivity index (χ2n) is 9.23. The van der Waals surface area contributed by atoms with Gasteiger partial charge in [-0.25, -0.2) is 4.39 Å². The van der Waals surface area contributed by atoms with Gasteiger partial charge < -0.3 is 19.5 Å². The molecule has 0 bridgehead atoms. The number of benzene rings is 2. The zero-order chi connectivity index (χ0) is 24.9. The number of hydrogen-bond donors (Lipinski definition) is 1. The maximum atomic E-state index is 13.6. The van der Waals surface area contributed by atoms with E-state index in [9.17, 15) is 19.1 Å². The molecule has 0 aromatic heterocycles. The van der Waals surface area contributed by atoms with Crippen LogP contribution in [0.15, 0.2) is 54.1 Å². The molecular weight excluding hydrogens is 451 g/mol. The molecule has 1 N–H and O–H groups in total. The SMILES string of the molecule is CC(C)COc1ccc(/C(O)=C2\C(=O)C(=O)N(CCN3CCOCC3)[C@H]2c2ccc(F)cc2)cc1. The number of carbonyl (C=O) groups is 2. The van der Waals surface area contributed by atoms with Crippen molar-refractivity contribution in [3.05, 3.63) is 71.0 Å². The van der Waals surface area contributed by atoms with Crippen LogP contribution < -0.4 is 4.74 Å². The Morgan fingerprint density at radius 3 is 2.34 bits per heavy atom. The van der Waals surface area contributed by atoms with Crippen molar-refractivity contribution in [3.8, 4) is 5.75 Å². The Morgan fingerprint density at radius 1 is 1.06 bits per heavy atom. The molecule has 2 aliphatic heterocycles. The van der Waals surface area contributed by atoms with Gasteiger partial charge in [0.2, 0.25) is 0 Å². The number of Topliss-reactive ketones (excluding diaryl/α,β-unsaturated/α-hetero) is 1. The van der Waals surface area contributed by atoms with E-state index in [4.69, 9.17) is 9.47 Å². The summed E-state index contributed by atoms with van der Waals surface area (Å²) in [5, 5.41) is 11.2. The van der Waals surface area contributed by atoms with Crippen LogP contribution in [-0.2, 0) is 14.3 Å². The van der Waals surface area contributed by atoms with Crippen molar-refractivity contribution >= 4 is 17.4 Å². The first kappa shape index (κ1) is 24.9. The lowest BCUT2D eigenvalue weighted by Gasteiger charge is -2.31. The number of morpholine rings is 1. The Balaban J connectivity index is 1.66. The maximum absolute atomic E-state index is 13.6. The van der Waals surface area contributed by atoms with Crippen LogP contribution in [0.2, 0.25) is 0 Å².